The first kappa shape index (κ1) is 31.8. The smallest absolute Gasteiger partial charge is 0.315 e. The summed E-state index contributed by atoms with van der Waals surface area (Å²) in [7, 11) is 0. The van der Waals surface area contributed by atoms with Gasteiger partial charge in [-0.3, -0.25) is 14.5 Å². The number of amides is 1. The molecule has 4 aliphatic carbocycles. The second-order valence-electron chi connectivity index (χ2n) is 16.4. The topological polar surface area (TPSA) is 99.2 Å². The highest BCUT2D eigenvalue weighted by Crippen LogP contribution is 2.84. The number of aldehydes is 1. The van der Waals surface area contributed by atoms with Crippen LogP contribution in [0.1, 0.15) is 91.9 Å². The highest BCUT2D eigenvalue weighted by Gasteiger charge is 2.86. The van der Waals surface area contributed by atoms with Crippen molar-refractivity contribution < 1.29 is 24.2 Å². The van der Waals surface area contributed by atoms with Crippen LogP contribution in [0.2, 0.25) is 0 Å². The monoisotopic (exact) mass is 623 g/mol. The number of fused-ring (bicyclic) bond motifs is 2. The van der Waals surface area contributed by atoms with E-state index < -0.39 is 22.2 Å². The number of piperazine rings is 1. The lowest BCUT2D eigenvalue weighted by Gasteiger charge is -2.60. The molecule has 4 bridgehead atoms. The fourth-order valence-electron chi connectivity index (χ4n) is 12.6. The van der Waals surface area contributed by atoms with Crippen molar-refractivity contribution in [1.29, 1.82) is 0 Å². The zero-order valence-electron chi connectivity index (χ0n) is 28.1. The maximum Gasteiger partial charge on any atom is 0.315 e. The van der Waals surface area contributed by atoms with E-state index in [1.165, 1.54) is 0 Å². The molecular weight excluding hydrogens is 566 g/mol. The highest BCUT2D eigenvalue weighted by atomic mass is 16.5. The van der Waals surface area contributed by atoms with E-state index in [-0.39, 0.29) is 41.9 Å². The third-order valence-electron chi connectivity index (χ3n) is 14.4. The number of allylic oxidation sites excluding steroid dienone is 1. The molecule has 6 fully saturated rings. The molecule has 0 aromatic rings. The molecule has 8 heteroatoms. The van der Waals surface area contributed by atoms with Gasteiger partial charge in [-0.2, -0.15) is 0 Å². The molecule has 0 spiro atoms. The summed E-state index contributed by atoms with van der Waals surface area (Å²) in [5.41, 5.74) is -1.66. The van der Waals surface area contributed by atoms with Crippen LogP contribution in [0.15, 0.2) is 11.6 Å². The number of nitrogens with one attached hydrogen (secondary N) is 1. The molecule has 3 heterocycles. The average molecular weight is 624 g/mol. The largest absolute Gasteiger partial charge is 0.481 e. The van der Waals surface area contributed by atoms with Crippen molar-refractivity contribution in [2.24, 2.45) is 51.8 Å². The summed E-state index contributed by atoms with van der Waals surface area (Å²) in [5.74, 6) is 0.923. The van der Waals surface area contributed by atoms with Gasteiger partial charge in [-0.05, 0) is 87.0 Å². The number of nitrogens with zero attached hydrogens (tertiary/aromatic N) is 2. The summed E-state index contributed by atoms with van der Waals surface area (Å²) >= 11 is 0. The van der Waals surface area contributed by atoms with Gasteiger partial charge >= 0.3 is 5.97 Å². The van der Waals surface area contributed by atoms with E-state index in [1.54, 1.807) is 0 Å². The van der Waals surface area contributed by atoms with Crippen LogP contribution in [0.4, 0.5) is 0 Å². The minimum absolute atomic E-state index is 0.0231. The normalized spacial score (nSPS) is 45.7. The Bertz CT molecular complexity index is 1210. The molecule has 0 aromatic carbocycles. The SMILES string of the molecule is CCCCC1CC(C23C[C@@H]4[C@H](C)CC[C@H]4C4(C=O)CC2C=C(C(C)C)C34C(=O)O)OC1CN1CCC[C@H]1C(=O)N1CCNCC1. The van der Waals surface area contributed by atoms with Crippen molar-refractivity contribution in [2.75, 3.05) is 39.3 Å². The molecule has 7 rings (SSSR count). The van der Waals surface area contributed by atoms with Crippen LogP contribution in [0.25, 0.3) is 0 Å². The first-order chi connectivity index (χ1) is 21.7. The van der Waals surface area contributed by atoms with Gasteiger partial charge in [0.2, 0.25) is 5.91 Å². The van der Waals surface area contributed by atoms with E-state index in [2.05, 4.69) is 44.0 Å². The minimum atomic E-state index is -1.20. The second-order valence-corrected chi connectivity index (χ2v) is 16.4. The van der Waals surface area contributed by atoms with Gasteiger partial charge in [-0.15, -0.1) is 0 Å². The third-order valence-corrected chi connectivity index (χ3v) is 14.4. The van der Waals surface area contributed by atoms with Gasteiger partial charge in [-0.1, -0.05) is 58.6 Å². The van der Waals surface area contributed by atoms with Crippen molar-refractivity contribution in [2.45, 2.75) is 110 Å². The molecule has 3 aliphatic heterocycles. The number of carbonyl (C=O) groups excluding carboxylic acids is 2. The lowest BCUT2D eigenvalue weighted by Crippen LogP contribution is -2.65. The molecule has 1 amide bonds. The number of carboxylic acid groups (broad SMARTS) is 1. The van der Waals surface area contributed by atoms with E-state index in [9.17, 15) is 19.5 Å². The van der Waals surface area contributed by atoms with E-state index in [0.29, 0.717) is 24.2 Å². The molecule has 7 unspecified atom stereocenters. The molecule has 0 aromatic heterocycles. The van der Waals surface area contributed by atoms with E-state index >= 15 is 0 Å². The molecule has 3 saturated heterocycles. The number of ether oxygens (including phenoxy) is 1. The maximum absolute atomic E-state index is 14.1. The van der Waals surface area contributed by atoms with Crippen LogP contribution in [-0.4, -0.2) is 90.6 Å². The second kappa shape index (κ2) is 11.7. The number of hydrogen-bond acceptors (Lipinski definition) is 6. The van der Waals surface area contributed by atoms with E-state index in [1.807, 2.05) is 4.90 Å². The van der Waals surface area contributed by atoms with Gasteiger partial charge in [0.1, 0.15) is 11.7 Å². The Morgan fingerprint density at radius 3 is 2.62 bits per heavy atom. The van der Waals surface area contributed by atoms with Gasteiger partial charge in [0.15, 0.2) is 0 Å². The van der Waals surface area contributed by atoms with E-state index in [4.69, 9.17) is 4.74 Å². The Kier molecular flexibility index (Phi) is 8.29. The predicted octanol–water partition coefficient (Wildman–Crippen LogP) is 4.77. The van der Waals surface area contributed by atoms with Crippen molar-refractivity contribution in [3.63, 3.8) is 0 Å². The lowest BCUT2D eigenvalue weighted by atomic mass is 9.41. The van der Waals surface area contributed by atoms with Gasteiger partial charge in [0, 0.05) is 38.1 Å². The van der Waals surface area contributed by atoms with Gasteiger partial charge in [-0.25, -0.2) is 0 Å². The molecule has 3 saturated carbocycles. The Morgan fingerprint density at radius 1 is 1.16 bits per heavy atom. The predicted molar refractivity (Wildman–Crippen MR) is 172 cm³/mol. The quantitative estimate of drug-likeness (QED) is 0.267. The fraction of sp³-hybridized carbons (Fsp3) is 0.865. The first-order valence-corrected chi connectivity index (χ1v) is 18.5. The van der Waals surface area contributed by atoms with Gasteiger partial charge in [0.25, 0.3) is 0 Å². The molecule has 7 aliphatic rings. The fourth-order valence-corrected chi connectivity index (χ4v) is 12.6. The zero-order valence-corrected chi connectivity index (χ0v) is 28.1. The van der Waals surface area contributed by atoms with Crippen LogP contribution in [0, 0.1) is 51.8 Å². The summed E-state index contributed by atoms with van der Waals surface area (Å²) in [6.07, 6.45) is 12.9. The Labute approximate surface area is 270 Å². The van der Waals surface area contributed by atoms with Crippen LogP contribution in [-0.2, 0) is 19.1 Å². The first-order valence-electron chi connectivity index (χ1n) is 18.5. The standard InChI is InChI=1S/C37H57N3O5/c1-5-6-8-25-17-32(45-31(25)21-40-14-7-9-30(40)33(42)39-15-12-38-13-16-39)36-20-27-24(4)10-11-28(27)35(22-41)19-26(36)18-29(23(2)3)37(35,36)34(43)44/h18,22-28,30-32,38H,5-17,19-21H2,1-4H3,(H,43,44)/t24-,25?,26?,27-,28-,30+,31?,32?,35?,36?,37?/m1/s1. The van der Waals surface area contributed by atoms with E-state index in [0.717, 1.165) is 109 Å². The number of aliphatic carboxylic acids is 1. The molecule has 0 radical (unpaired) electrons. The summed E-state index contributed by atoms with van der Waals surface area (Å²) < 4.78 is 7.34. The summed E-state index contributed by atoms with van der Waals surface area (Å²) in [6.45, 7) is 13.7. The third kappa shape index (κ3) is 4.29. The summed E-state index contributed by atoms with van der Waals surface area (Å²) in [4.78, 5) is 45.8. The number of carbonyl (C=O) groups is 3. The van der Waals surface area contributed by atoms with Gasteiger partial charge in [0.05, 0.1) is 23.7 Å². The molecule has 250 valence electrons. The maximum atomic E-state index is 14.1. The Hall–Kier alpha value is -1.77. The number of likely N-dealkylation sites (tertiary alicyclic amines) is 1. The van der Waals surface area contributed by atoms with Crippen LogP contribution >= 0.6 is 0 Å². The average Bonchev–Trinajstić information content (AvgIpc) is 3.84. The van der Waals surface area contributed by atoms with Crippen LogP contribution in [0.5, 0.6) is 0 Å². The molecule has 45 heavy (non-hydrogen) atoms. The Balaban J connectivity index is 1.24. The molecular formula is C37H57N3O5. The lowest BCUT2D eigenvalue weighted by molar-refractivity contribution is -0.197. The van der Waals surface area contributed by atoms with Crippen molar-refractivity contribution in [3.05, 3.63) is 11.6 Å². The molecule has 8 nitrogen and oxygen atoms in total. The summed E-state index contributed by atoms with van der Waals surface area (Å²) in [5, 5.41) is 14.9. The zero-order chi connectivity index (χ0) is 31.7. The number of rotatable bonds is 10. The number of carboxylic acids is 1. The van der Waals surface area contributed by atoms with Gasteiger partial charge < -0.3 is 24.9 Å². The van der Waals surface area contributed by atoms with Crippen LogP contribution in [0.3, 0.4) is 0 Å². The van der Waals surface area contributed by atoms with Crippen molar-refractivity contribution in [3.8, 4) is 0 Å². The minimum Gasteiger partial charge on any atom is -0.481 e. The summed E-state index contributed by atoms with van der Waals surface area (Å²) in [6, 6.07) is -0.0875. The molecule has 2 N–H and O–H groups in total. The highest BCUT2D eigenvalue weighted by molar-refractivity contribution is 5.90. The number of hydrogen-bond donors (Lipinski definition) is 2. The Morgan fingerprint density at radius 2 is 1.93 bits per heavy atom. The number of unbranched alkanes of at least 4 members (excludes halogenated alkanes) is 1. The van der Waals surface area contributed by atoms with Crippen LogP contribution < -0.4 is 5.32 Å². The van der Waals surface area contributed by atoms with Crippen molar-refractivity contribution in [1.82, 2.24) is 15.1 Å². The molecule has 11 atom stereocenters. The van der Waals surface area contributed by atoms with Crippen molar-refractivity contribution >= 4 is 18.2 Å².